The summed E-state index contributed by atoms with van der Waals surface area (Å²) in [5, 5.41) is 0. The van der Waals surface area contributed by atoms with Crippen molar-refractivity contribution in [1.29, 1.82) is 0 Å². The minimum atomic E-state index is -0.569. The summed E-state index contributed by atoms with van der Waals surface area (Å²) < 4.78 is 3.63. The number of nitrogens with zero attached hydrogens (tertiary/aromatic N) is 1. The Hall–Kier alpha value is 1.37. The standard InChI is InChI=1S/C4H10IN3.Tl.H/c1-3(6)2-4(5,7)8;;/h3H,2,7-8H2,1H3;;. The van der Waals surface area contributed by atoms with Crippen LogP contribution in [0.25, 0.3) is 0 Å². The first-order valence-corrected chi connectivity index (χ1v) is 6.22. The molecular formula is C4H11IN3Tl. The van der Waals surface area contributed by atoms with Crippen molar-refractivity contribution in [2.45, 2.75) is 23.1 Å². The van der Waals surface area contributed by atoms with Gasteiger partial charge in [0, 0.05) is 0 Å². The average Bonchev–Trinajstić information content (AvgIpc) is 1.62. The van der Waals surface area contributed by atoms with Crippen LogP contribution in [0.1, 0.15) is 13.3 Å². The topological polar surface area (TPSA) is 64.4 Å². The van der Waals surface area contributed by atoms with E-state index in [1.54, 1.807) is 0 Å². The maximum absolute atomic E-state index is 5.54. The minimum absolute atomic E-state index is 0.347. The van der Waals surface area contributed by atoms with Gasteiger partial charge in [0.05, 0.1) is 0 Å². The number of hydrogen-bond acceptors (Lipinski definition) is 3. The molecule has 5 heteroatoms. The van der Waals surface area contributed by atoms with Gasteiger partial charge in [0.2, 0.25) is 0 Å². The Labute approximate surface area is 84.7 Å². The van der Waals surface area contributed by atoms with Crippen molar-refractivity contribution in [2.75, 3.05) is 0 Å². The Morgan fingerprint density at radius 3 is 2.33 bits per heavy atom. The van der Waals surface area contributed by atoms with Crippen molar-refractivity contribution in [3.63, 3.8) is 0 Å². The normalized spacial score (nSPS) is 15.0. The molecule has 52 valence electrons. The van der Waals surface area contributed by atoms with Crippen LogP contribution < -0.4 is 11.5 Å². The third kappa shape index (κ3) is 7.27. The number of halogens is 1. The van der Waals surface area contributed by atoms with Crippen molar-refractivity contribution in [1.82, 2.24) is 0 Å². The predicted octanol–water partition coefficient (Wildman–Crippen LogP) is -0.144. The molecule has 0 amide bonds. The fourth-order valence-corrected chi connectivity index (χ4v) is 1.66. The molecule has 1 unspecified atom stereocenters. The van der Waals surface area contributed by atoms with Gasteiger partial charge in [-0.1, -0.05) is 0 Å². The summed E-state index contributed by atoms with van der Waals surface area (Å²) >= 11 is 2.55. The SMILES string of the molecule is CC(CC(N)(N)I)[N]=[TlH]. The van der Waals surface area contributed by atoms with Crippen LogP contribution in [0.4, 0.5) is 0 Å². The molecule has 0 aliphatic carbocycles. The van der Waals surface area contributed by atoms with Gasteiger partial charge in [-0.05, 0) is 0 Å². The first-order chi connectivity index (χ1) is 3.95. The summed E-state index contributed by atoms with van der Waals surface area (Å²) in [7, 11) is 0. The van der Waals surface area contributed by atoms with Crippen LogP contribution in [-0.2, 0) is 0 Å². The van der Waals surface area contributed by atoms with Gasteiger partial charge in [-0.25, -0.2) is 0 Å². The van der Waals surface area contributed by atoms with Crippen molar-refractivity contribution < 1.29 is 0 Å². The monoisotopic (exact) mass is 433 g/mol. The van der Waals surface area contributed by atoms with Gasteiger partial charge in [-0.3, -0.25) is 0 Å². The van der Waals surface area contributed by atoms with Crippen LogP contribution in [0.3, 0.4) is 0 Å². The molecule has 0 aromatic rings. The van der Waals surface area contributed by atoms with Crippen LogP contribution in [0.15, 0.2) is 2.74 Å². The van der Waals surface area contributed by atoms with E-state index < -0.39 is 3.67 Å². The van der Waals surface area contributed by atoms with E-state index in [0.29, 0.717) is 31.6 Å². The Morgan fingerprint density at radius 2 is 2.22 bits per heavy atom. The second-order valence-corrected chi connectivity index (χ2v) is 5.59. The number of alkyl halides is 1. The number of hydrogen-bond donors (Lipinski definition) is 2. The van der Waals surface area contributed by atoms with Crippen molar-refractivity contribution in [3.05, 3.63) is 0 Å². The van der Waals surface area contributed by atoms with E-state index >= 15 is 0 Å². The van der Waals surface area contributed by atoms with Crippen LogP contribution in [0, 0.1) is 0 Å². The zero-order valence-electron chi connectivity index (χ0n) is 5.47. The molecule has 0 bridgehead atoms. The van der Waals surface area contributed by atoms with Gasteiger partial charge in [-0.15, -0.1) is 0 Å². The molecular weight excluding hydrogens is 421 g/mol. The van der Waals surface area contributed by atoms with E-state index in [4.69, 9.17) is 11.5 Å². The number of nitrogens with two attached hydrogens (primary N) is 2. The molecule has 9 heavy (non-hydrogen) atoms. The molecule has 4 N–H and O–H groups in total. The van der Waals surface area contributed by atoms with E-state index in [0.717, 1.165) is 6.42 Å². The maximum atomic E-state index is 5.54. The average molecular weight is 432 g/mol. The zero-order chi connectivity index (χ0) is 7.49. The first-order valence-electron chi connectivity index (χ1n) is 2.68. The third-order valence-electron chi connectivity index (χ3n) is 0.920. The molecule has 0 aliphatic heterocycles. The molecule has 0 saturated heterocycles. The molecule has 0 radical (unpaired) electrons. The molecule has 0 aromatic carbocycles. The summed E-state index contributed by atoms with van der Waals surface area (Å²) in [4.78, 5) is 0. The first kappa shape index (κ1) is 10.4. The van der Waals surface area contributed by atoms with E-state index in [1.807, 2.05) is 29.5 Å². The molecule has 0 saturated carbocycles. The van der Waals surface area contributed by atoms with Crippen LogP contribution in [0.2, 0.25) is 0 Å². The summed E-state index contributed by atoms with van der Waals surface area (Å²) in [6, 6.07) is 0.347. The predicted molar refractivity (Wildman–Crippen MR) is 48.8 cm³/mol. The van der Waals surface area contributed by atoms with E-state index in [2.05, 4.69) is 2.74 Å². The summed E-state index contributed by atoms with van der Waals surface area (Å²) in [6.07, 6.45) is 0.775. The Kier molecular flexibility index (Phi) is 4.95. The van der Waals surface area contributed by atoms with Crippen LogP contribution in [0.5, 0.6) is 0 Å². The second kappa shape index (κ2) is 4.29. The third-order valence-corrected chi connectivity index (χ3v) is 3.78. The molecule has 1 atom stereocenters. The number of rotatable bonds is 3. The quantitative estimate of drug-likeness (QED) is 0.214. The summed E-state index contributed by atoms with van der Waals surface area (Å²) in [5.74, 6) is 0. The van der Waals surface area contributed by atoms with Crippen molar-refractivity contribution >= 4 is 48.2 Å². The van der Waals surface area contributed by atoms with E-state index in [1.165, 1.54) is 0 Å². The Bertz CT molecular complexity index is 100. The molecule has 0 spiro atoms. The molecule has 0 rings (SSSR count). The van der Waals surface area contributed by atoms with E-state index in [-0.39, 0.29) is 0 Å². The van der Waals surface area contributed by atoms with Gasteiger partial charge in [0.1, 0.15) is 0 Å². The molecule has 3 nitrogen and oxygen atoms in total. The fraction of sp³-hybridized carbons (Fsp3) is 1.00. The van der Waals surface area contributed by atoms with Crippen LogP contribution >= 0.6 is 22.6 Å². The van der Waals surface area contributed by atoms with Gasteiger partial charge < -0.3 is 0 Å². The Morgan fingerprint density at radius 1 is 1.78 bits per heavy atom. The van der Waals surface area contributed by atoms with Gasteiger partial charge >= 0.3 is 85.5 Å². The molecule has 0 aliphatic rings. The molecule has 0 heterocycles. The molecule has 0 fully saturated rings. The van der Waals surface area contributed by atoms with Crippen LogP contribution in [-0.4, -0.2) is 35.3 Å². The fourth-order valence-electron chi connectivity index (χ4n) is 0.517. The van der Waals surface area contributed by atoms with Crippen molar-refractivity contribution in [3.8, 4) is 0 Å². The van der Waals surface area contributed by atoms with Gasteiger partial charge in [-0.2, -0.15) is 0 Å². The van der Waals surface area contributed by atoms with E-state index in [9.17, 15) is 0 Å². The Balaban J connectivity index is 3.59. The van der Waals surface area contributed by atoms with Gasteiger partial charge in [0.25, 0.3) is 0 Å². The second-order valence-electron chi connectivity index (χ2n) is 2.16. The molecule has 0 aromatic heterocycles. The summed E-state index contributed by atoms with van der Waals surface area (Å²) in [5.41, 5.74) is 11.1. The van der Waals surface area contributed by atoms with Crippen molar-refractivity contribution in [2.24, 2.45) is 14.2 Å². The zero-order valence-corrected chi connectivity index (χ0v) is 13.1. The summed E-state index contributed by atoms with van der Waals surface area (Å²) in [6.45, 7) is 2.04. The van der Waals surface area contributed by atoms with Gasteiger partial charge in [0.15, 0.2) is 0 Å².